The van der Waals surface area contributed by atoms with E-state index in [-0.39, 0.29) is 32.8 Å². The first-order chi connectivity index (χ1) is 14.9. The van der Waals surface area contributed by atoms with E-state index < -0.39 is 12.6 Å². The first kappa shape index (κ1) is 21.3. The summed E-state index contributed by atoms with van der Waals surface area (Å²) >= 11 is 14.1. The Balaban J connectivity index is 1.66. The standard InChI is InChI=1S/C19H13Cl2N5O4S/c20-12-6-10(26-19(29)23-18(28)14(8-22)24-26)7-13(21)17(12)30-11-3-4-15(27)25(9-11)16-2-1-5-31-16/h1-7,9,18-19,23,28-29H. The van der Waals surface area contributed by atoms with Crippen LogP contribution in [-0.2, 0) is 0 Å². The number of thiophene rings is 1. The molecule has 3 N–H and O–H groups in total. The number of halogens is 2. The van der Waals surface area contributed by atoms with E-state index in [1.807, 2.05) is 11.4 Å². The van der Waals surface area contributed by atoms with Gasteiger partial charge in [-0.25, -0.2) is 10.3 Å². The van der Waals surface area contributed by atoms with E-state index in [4.69, 9.17) is 33.2 Å². The fraction of sp³-hybridized carbons (Fsp3) is 0.105. The van der Waals surface area contributed by atoms with Crippen LogP contribution in [0.4, 0.5) is 5.69 Å². The van der Waals surface area contributed by atoms with Crippen molar-refractivity contribution in [1.82, 2.24) is 9.88 Å². The van der Waals surface area contributed by atoms with Crippen LogP contribution in [0.15, 0.2) is 57.9 Å². The van der Waals surface area contributed by atoms with Crippen molar-refractivity contribution in [3.63, 3.8) is 0 Å². The minimum absolute atomic E-state index is 0.100. The minimum atomic E-state index is -1.42. The molecule has 3 heterocycles. The second-order valence-electron chi connectivity index (χ2n) is 6.25. The second kappa shape index (κ2) is 8.68. The molecule has 3 aromatic rings. The number of pyridine rings is 1. The Morgan fingerprint density at radius 3 is 2.61 bits per heavy atom. The maximum atomic E-state index is 12.2. The molecular weight excluding hydrogens is 465 g/mol. The van der Waals surface area contributed by atoms with Gasteiger partial charge in [-0.2, -0.15) is 10.4 Å². The van der Waals surface area contributed by atoms with E-state index in [0.29, 0.717) is 5.75 Å². The number of hydrogen-bond acceptors (Lipinski definition) is 9. The van der Waals surface area contributed by atoms with Crippen LogP contribution in [-0.4, -0.2) is 33.1 Å². The van der Waals surface area contributed by atoms with Gasteiger partial charge in [0.05, 0.1) is 21.9 Å². The molecule has 9 nitrogen and oxygen atoms in total. The highest BCUT2D eigenvalue weighted by Crippen LogP contribution is 2.40. The van der Waals surface area contributed by atoms with Crippen LogP contribution in [0.3, 0.4) is 0 Å². The van der Waals surface area contributed by atoms with Crippen molar-refractivity contribution < 1.29 is 14.9 Å². The first-order valence-corrected chi connectivity index (χ1v) is 10.3. The highest BCUT2D eigenvalue weighted by atomic mass is 35.5. The van der Waals surface area contributed by atoms with E-state index in [0.717, 1.165) is 10.0 Å². The fourth-order valence-corrected chi connectivity index (χ4v) is 4.06. The summed E-state index contributed by atoms with van der Waals surface area (Å²) in [4.78, 5) is 12.2. The molecule has 2 unspecified atom stereocenters. The van der Waals surface area contributed by atoms with E-state index in [1.54, 1.807) is 12.1 Å². The molecule has 0 aliphatic carbocycles. The van der Waals surface area contributed by atoms with Gasteiger partial charge in [0.25, 0.3) is 5.56 Å². The Bertz CT molecular complexity index is 1230. The Kier molecular flexibility index (Phi) is 5.97. The highest BCUT2D eigenvalue weighted by Gasteiger charge is 2.29. The van der Waals surface area contributed by atoms with Crippen LogP contribution in [0, 0.1) is 11.3 Å². The van der Waals surface area contributed by atoms with E-state index >= 15 is 0 Å². The van der Waals surface area contributed by atoms with Gasteiger partial charge in [-0.15, -0.1) is 11.3 Å². The van der Waals surface area contributed by atoms with Crippen molar-refractivity contribution in [1.29, 1.82) is 5.26 Å². The average Bonchev–Trinajstić information content (AvgIpc) is 3.26. The van der Waals surface area contributed by atoms with Crippen LogP contribution < -0.4 is 20.6 Å². The van der Waals surface area contributed by atoms with Crippen molar-refractivity contribution in [3.05, 3.63) is 68.4 Å². The number of nitrogens with one attached hydrogen (secondary N) is 1. The number of aliphatic hydroxyl groups excluding tert-OH is 2. The fourth-order valence-electron chi connectivity index (χ4n) is 2.80. The van der Waals surface area contributed by atoms with Crippen LogP contribution in [0.5, 0.6) is 11.5 Å². The normalized spacial score (nSPS) is 18.4. The van der Waals surface area contributed by atoms with Crippen LogP contribution in [0.2, 0.25) is 10.0 Å². The molecule has 2 aromatic heterocycles. The molecule has 4 rings (SSSR count). The Hall–Kier alpha value is -2.91. The molecule has 1 aromatic carbocycles. The summed E-state index contributed by atoms with van der Waals surface area (Å²) in [6.45, 7) is 0. The number of nitriles is 1. The number of ether oxygens (including phenoxy) is 1. The maximum Gasteiger partial charge on any atom is 0.255 e. The monoisotopic (exact) mass is 477 g/mol. The highest BCUT2D eigenvalue weighted by molar-refractivity contribution is 7.12. The molecule has 1 aliphatic heterocycles. The molecule has 2 atom stereocenters. The van der Waals surface area contributed by atoms with Gasteiger partial charge in [0.2, 0.25) is 6.35 Å². The summed E-state index contributed by atoms with van der Waals surface area (Å²) in [5.74, 6) is 0.463. The summed E-state index contributed by atoms with van der Waals surface area (Å²) in [7, 11) is 0. The first-order valence-electron chi connectivity index (χ1n) is 8.71. The molecule has 0 saturated carbocycles. The van der Waals surface area contributed by atoms with Gasteiger partial charge in [0.15, 0.2) is 17.7 Å². The number of benzene rings is 1. The lowest BCUT2D eigenvalue weighted by Crippen LogP contribution is -2.55. The van der Waals surface area contributed by atoms with E-state index in [1.165, 1.54) is 46.4 Å². The van der Waals surface area contributed by atoms with Crippen molar-refractivity contribution in [2.75, 3.05) is 5.01 Å². The molecule has 158 valence electrons. The summed E-state index contributed by atoms with van der Waals surface area (Å²) in [6, 6.07) is 11.1. The third-order valence-electron chi connectivity index (χ3n) is 4.22. The maximum absolute atomic E-state index is 12.2. The van der Waals surface area contributed by atoms with Gasteiger partial charge >= 0.3 is 0 Å². The molecule has 0 radical (unpaired) electrons. The van der Waals surface area contributed by atoms with Gasteiger partial charge < -0.3 is 14.9 Å². The lowest BCUT2D eigenvalue weighted by Gasteiger charge is -2.32. The Morgan fingerprint density at radius 2 is 1.97 bits per heavy atom. The topological polar surface area (TPSA) is 123 Å². The second-order valence-corrected chi connectivity index (χ2v) is 7.99. The lowest BCUT2D eigenvalue weighted by molar-refractivity contribution is 0.0631. The predicted octanol–water partition coefficient (Wildman–Crippen LogP) is 2.88. The number of aliphatic hydroxyl groups is 2. The lowest BCUT2D eigenvalue weighted by atomic mass is 10.2. The largest absolute Gasteiger partial charge is 0.453 e. The zero-order valence-electron chi connectivity index (χ0n) is 15.4. The zero-order valence-corrected chi connectivity index (χ0v) is 17.8. The molecule has 1 aliphatic rings. The SMILES string of the molecule is N#CC1=NN(c2cc(Cl)c(Oc3ccc(=O)n(-c4cccs4)c3)c(Cl)c2)C(O)NC1O. The number of hydrazone groups is 1. The minimum Gasteiger partial charge on any atom is -0.453 e. The van der Waals surface area contributed by atoms with Crippen molar-refractivity contribution in [2.24, 2.45) is 5.10 Å². The summed E-state index contributed by atoms with van der Waals surface area (Å²) < 4.78 is 7.26. The molecule has 0 bridgehead atoms. The van der Waals surface area contributed by atoms with Gasteiger partial charge in [0.1, 0.15) is 16.8 Å². The Morgan fingerprint density at radius 1 is 1.23 bits per heavy atom. The number of hydrogen-bond donors (Lipinski definition) is 3. The number of rotatable bonds is 4. The van der Waals surface area contributed by atoms with Crippen molar-refractivity contribution >= 4 is 45.9 Å². The smallest absolute Gasteiger partial charge is 0.255 e. The molecule has 12 heteroatoms. The van der Waals surface area contributed by atoms with Gasteiger partial charge in [-0.1, -0.05) is 23.2 Å². The van der Waals surface area contributed by atoms with Gasteiger partial charge in [-0.3, -0.25) is 9.36 Å². The molecule has 0 spiro atoms. The zero-order chi connectivity index (χ0) is 22.1. The van der Waals surface area contributed by atoms with Crippen LogP contribution >= 0.6 is 34.5 Å². The molecule has 0 saturated heterocycles. The number of nitrogens with zero attached hydrogens (tertiary/aromatic N) is 4. The molecule has 0 fully saturated rings. The summed E-state index contributed by atoms with van der Waals surface area (Å²) in [6.07, 6.45) is -1.29. The average molecular weight is 478 g/mol. The van der Waals surface area contributed by atoms with Crippen LogP contribution in [0.1, 0.15) is 0 Å². The summed E-state index contributed by atoms with van der Waals surface area (Å²) in [5, 5.41) is 39.0. The van der Waals surface area contributed by atoms with E-state index in [2.05, 4.69) is 10.4 Å². The summed E-state index contributed by atoms with van der Waals surface area (Å²) in [5.41, 5.74) is -0.207. The van der Waals surface area contributed by atoms with Crippen molar-refractivity contribution in [2.45, 2.75) is 12.6 Å². The van der Waals surface area contributed by atoms with Crippen LogP contribution in [0.25, 0.3) is 5.00 Å². The predicted molar refractivity (Wildman–Crippen MR) is 117 cm³/mol. The third-order valence-corrected chi connectivity index (χ3v) is 5.65. The van der Waals surface area contributed by atoms with Gasteiger partial charge in [-0.05, 0) is 35.7 Å². The quantitative estimate of drug-likeness (QED) is 0.527. The third kappa shape index (κ3) is 4.28. The van der Waals surface area contributed by atoms with E-state index in [9.17, 15) is 15.0 Å². The van der Waals surface area contributed by atoms with Crippen molar-refractivity contribution in [3.8, 4) is 22.6 Å². The molecular formula is C19H13Cl2N5O4S. The number of anilines is 1. The molecule has 31 heavy (non-hydrogen) atoms. The number of aromatic nitrogens is 1. The Labute approximate surface area is 189 Å². The molecule has 0 amide bonds. The van der Waals surface area contributed by atoms with Gasteiger partial charge in [0, 0.05) is 6.07 Å².